The van der Waals surface area contributed by atoms with Crippen LogP contribution in [0.15, 0.2) is 0 Å². The summed E-state index contributed by atoms with van der Waals surface area (Å²) in [7, 11) is 1.58. The Kier molecular flexibility index (Phi) is 5.73. The average Bonchev–Trinajstić information content (AvgIpc) is 1.97. The first-order valence-electron chi connectivity index (χ1n) is 3.40. The van der Waals surface area contributed by atoms with E-state index in [9.17, 15) is 4.79 Å². The Hall–Kier alpha value is -0.650. The van der Waals surface area contributed by atoms with E-state index in [1.807, 2.05) is 0 Å². The van der Waals surface area contributed by atoms with Gasteiger partial charge in [-0.25, -0.2) is 5.43 Å². The zero-order chi connectivity index (χ0) is 8.69. The van der Waals surface area contributed by atoms with Crippen LogP contribution in [0.2, 0.25) is 0 Å². The van der Waals surface area contributed by atoms with Crippen molar-refractivity contribution in [2.75, 3.05) is 13.7 Å². The van der Waals surface area contributed by atoms with E-state index in [1.165, 1.54) is 0 Å². The van der Waals surface area contributed by atoms with E-state index in [-0.39, 0.29) is 0 Å². The van der Waals surface area contributed by atoms with Crippen LogP contribution in [0.4, 0.5) is 0 Å². The molecular formula is C6H14N2O3. The minimum Gasteiger partial charge on any atom is -0.480 e. The lowest BCUT2D eigenvalue weighted by atomic mass is 10.2. The molecule has 0 heterocycles. The third-order valence-electron chi connectivity index (χ3n) is 1.34. The standard InChI is InChI=1S/C6H14N2O3/c1-11-4-2-3-5(8-7)6(9)10/h5,8H,2-4,7H2,1H3,(H,9,10)/t5-/m0/s1. The summed E-state index contributed by atoms with van der Waals surface area (Å²) in [4.78, 5) is 10.3. The Labute approximate surface area is 65.5 Å². The van der Waals surface area contributed by atoms with Crippen molar-refractivity contribution in [3.05, 3.63) is 0 Å². The van der Waals surface area contributed by atoms with Crippen LogP contribution in [0.3, 0.4) is 0 Å². The Morgan fingerprint density at radius 2 is 2.45 bits per heavy atom. The molecular weight excluding hydrogens is 148 g/mol. The van der Waals surface area contributed by atoms with Gasteiger partial charge in [0.25, 0.3) is 0 Å². The summed E-state index contributed by atoms with van der Waals surface area (Å²) in [5.74, 6) is 4.06. The van der Waals surface area contributed by atoms with Gasteiger partial charge in [-0.05, 0) is 12.8 Å². The van der Waals surface area contributed by atoms with Crippen molar-refractivity contribution in [2.24, 2.45) is 5.84 Å². The van der Waals surface area contributed by atoms with Crippen LogP contribution in [-0.2, 0) is 9.53 Å². The van der Waals surface area contributed by atoms with E-state index >= 15 is 0 Å². The predicted octanol–water partition coefficient (Wildman–Crippen LogP) is -0.670. The van der Waals surface area contributed by atoms with Crippen LogP contribution in [0.5, 0.6) is 0 Å². The second-order valence-corrected chi connectivity index (χ2v) is 2.19. The highest BCUT2D eigenvalue weighted by atomic mass is 16.5. The summed E-state index contributed by atoms with van der Waals surface area (Å²) in [6.45, 7) is 0.561. The normalized spacial score (nSPS) is 12.9. The fourth-order valence-electron chi connectivity index (χ4n) is 0.710. The number of aliphatic carboxylic acids is 1. The number of methoxy groups -OCH3 is 1. The average molecular weight is 162 g/mol. The van der Waals surface area contributed by atoms with Crippen LogP contribution in [0.25, 0.3) is 0 Å². The molecule has 0 fully saturated rings. The predicted molar refractivity (Wildman–Crippen MR) is 39.9 cm³/mol. The number of carboxylic acids is 1. The van der Waals surface area contributed by atoms with E-state index in [2.05, 4.69) is 5.43 Å². The Bertz CT molecular complexity index is 118. The number of carbonyl (C=O) groups is 1. The fourth-order valence-corrected chi connectivity index (χ4v) is 0.710. The first kappa shape index (κ1) is 10.3. The number of hydrogen-bond acceptors (Lipinski definition) is 4. The lowest BCUT2D eigenvalue weighted by molar-refractivity contribution is -0.139. The second-order valence-electron chi connectivity index (χ2n) is 2.19. The topological polar surface area (TPSA) is 84.6 Å². The summed E-state index contributed by atoms with van der Waals surface area (Å²) in [5, 5.41) is 8.49. The van der Waals surface area contributed by atoms with Gasteiger partial charge in [-0.2, -0.15) is 0 Å². The Morgan fingerprint density at radius 1 is 1.82 bits per heavy atom. The maximum Gasteiger partial charge on any atom is 0.322 e. The monoisotopic (exact) mass is 162 g/mol. The molecule has 0 aliphatic carbocycles. The zero-order valence-electron chi connectivity index (χ0n) is 6.54. The van der Waals surface area contributed by atoms with E-state index in [4.69, 9.17) is 15.7 Å². The number of carboxylic acid groups (broad SMARTS) is 1. The smallest absolute Gasteiger partial charge is 0.322 e. The van der Waals surface area contributed by atoms with Gasteiger partial charge in [0.15, 0.2) is 0 Å². The number of nitrogens with two attached hydrogens (primary N) is 1. The quantitative estimate of drug-likeness (QED) is 0.274. The summed E-state index contributed by atoms with van der Waals surface area (Å²) in [6.07, 6.45) is 1.18. The highest BCUT2D eigenvalue weighted by Gasteiger charge is 2.13. The molecule has 66 valence electrons. The van der Waals surface area contributed by atoms with Crippen LogP contribution in [0.1, 0.15) is 12.8 Å². The highest BCUT2D eigenvalue weighted by Crippen LogP contribution is 1.95. The van der Waals surface area contributed by atoms with Crippen molar-refractivity contribution < 1.29 is 14.6 Å². The molecule has 0 aromatic rings. The molecule has 0 aliphatic rings. The Morgan fingerprint density at radius 3 is 2.82 bits per heavy atom. The van der Waals surface area contributed by atoms with Gasteiger partial charge in [0, 0.05) is 13.7 Å². The molecule has 0 unspecified atom stereocenters. The summed E-state index contributed by atoms with van der Waals surface area (Å²) in [5.41, 5.74) is 2.21. The number of hydrogen-bond donors (Lipinski definition) is 3. The van der Waals surface area contributed by atoms with E-state index in [0.29, 0.717) is 19.4 Å². The highest BCUT2D eigenvalue weighted by molar-refractivity contribution is 5.73. The summed E-state index contributed by atoms with van der Waals surface area (Å²) < 4.78 is 4.75. The molecule has 0 radical (unpaired) electrons. The van der Waals surface area contributed by atoms with Gasteiger partial charge in [0.1, 0.15) is 6.04 Å². The van der Waals surface area contributed by atoms with Crippen molar-refractivity contribution in [2.45, 2.75) is 18.9 Å². The lowest BCUT2D eigenvalue weighted by Gasteiger charge is -2.09. The van der Waals surface area contributed by atoms with Gasteiger partial charge >= 0.3 is 5.97 Å². The largest absolute Gasteiger partial charge is 0.480 e. The SMILES string of the molecule is COCCC[C@H](NN)C(=O)O. The van der Waals surface area contributed by atoms with E-state index in [1.54, 1.807) is 7.11 Å². The second kappa shape index (κ2) is 6.09. The molecule has 1 atom stereocenters. The number of ether oxygens (including phenoxy) is 1. The van der Waals surface area contributed by atoms with Crippen LogP contribution in [-0.4, -0.2) is 30.8 Å². The molecule has 0 amide bonds. The van der Waals surface area contributed by atoms with Crippen molar-refractivity contribution in [1.29, 1.82) is 0 Å². The maximum absolute atomic E-state index is 10.3. The number of hydrazine groups is 1. The molecule has 4 N–H and O–H groups in total. The van der Waals surface area contributed by atoms with E-state index in [0.717, 1.165) is 0 Å². The molecule has 0 bridgehead atoms. The lowest BCUT2D eigenvalue weighted by Crippen LogP contribution is -2.41. The minimum atomic E-state index is -0.927. The molecule has 0 rings (SSSR count). The molecule has 0 aliphatic heterocycles. The van der Waals surface area contributed by atoms with Crippen molar-refractivity contribution in [1.82, 2.24) is 5.43 Å². The van der Waals surface area contributed by atoms with Crippen molar-refractivity contribution >= 4 is 5.97 Å². The van der Waals surface area contributed by atoms with Gasteiger partial charge in [-0.15, -0.1) is 0 Å². The van der Waals surface area contributed by atoms with Gasteiger partial charge in [-0.3, -0.25) is 10.6 Å². The number of rotatable bonds is 6. The zero-order valence-corrected chi connectivity index (χ0v) is 6.54. The molecule has 0 saturated heterocycles. The van der Waals surface area contributed by atoms with Crippen molar-refractivity contribution in [3.63, 3.8) is 0 Å². The van der Waals surface area contributed by atoms with Crippen molar-refractivity contribution in [3.8, 4) is 0 Å². The first-order chi connectivity index (χ1) is 5.22. The summed E-state index contributed by atoms with van der Waals surface area (Å²) in [6, 6.07) is -0.662. The van der Waals surface area contributed by atoms with E-state index < -0.39 is 12.0 Å². The van der Waals surface area contributed by atoms with Gasteiger partial charge in [0.2, 0.25) is 0 Å². The van der Waals surface area contributed by atoms with Crippen LogP contribution in [0, 0.1) is 0 Å². The number of nitrogens with one attached hydrogen (secondary N) is 1. The third kappa shape index (κ3) is 4.72. The third-order valence-corrected chi connectivity index (χ3v) is 1.34. The molecule has 0 spiro atoms. The fraction of sp³-hybridized carbons (Fsp3) is 0.833. The molecule has 5 nitrogen and oxygen atoms in total. The first-order valence-corrected chi connectivity index (χ1v) is 3.40. The van der Waals surface area contributed by atoms with Gasteiger partial charge in [0.05, 0.1) is 0 Å². The molecule has 11 heavy (non-hydrogen) atoms. The minimum absolute atomic E-state index is 0.486. The van der Waals surface area contributed by atoms with Crippen LogP contribution >= 0.6 is 0 Å². The molecule has 0 aromatic heterocycles. The molecule has 0 saturated carbocycles. The maximum atomic E-state index is 10.3. The molecule has 5 heteroatoms. The van der Waals surface area contributed by atoms with Gasteiger partial charge in [-0.1, -0.05) is 0 Å². The molecule has 0 aromatic carbocycles. The van der Waals surface area contributed by atoms with Gasteiger partial charge < -0.3 is 9.84 Å². The van der Waals surface area contributed by atoms with Crippen LogP contribution < -0.4 is 11.3 Å². The Balaban J connectivity index is 3.44. The summed E-state index contributed by atoms with van der Waals surface area (Å²) >= 11 is 0.